The van der Waals surface area contributed by atoms with E-state index in [9.17, 15) is 9.59 Å². The summed E-state index contributed by atoms with van der Waals surface area (Å²) in [5.74, 6) is -0.878. The fourth-order valence-corrected chi connectivity index (χ4v) is 3.62. The second-order valence-electron chi connectivity index (χ2n) is 8.41. The summed E-state index contributed by atoms with van der Waals surface area (Å²) < 4.78 is 10.8. The van der Waals surface area contributed by atoms with E-state index in [1.807, 2.05) is 0 Å². The second-order valence-corrected chi connectivity index (χ2v) is 8.41. The van der Waals surface area contributed by atoms with Gasteiger partial charge in [0.1, 0.15) is 0 Å². The maximum absolute atomic E-state index is 12.4. The number of carbonyl (C=O) groups excluding carboxylic acids is 2. The van der Waals surface area contributed by atoms with Crippen LogP contribution in [0.5, 0.6) is 0 Å². The van der Waals surface area contributed by atoms with Crippen LogP contribution >= 0.6 is 0 Å². The summed E-state index contributed by atoms with van der Waals surface area (Å²) in [6.45, 7) is 5.23. The van der Waals surface area contributed by atoms with Gasteiger partial charge in [-0.2, -0.15) is 0 Å². The van der Waals surface area contributed by atoms with Gasteiger partial charge >= 0.3 is 11.9 Å². The minimum absolute atomic E-state index is 0.298. The third-order valence-corrected chi connectivity index (χ3v) is 5.58. The molecule has 4 heteroatoms. The lowest BCUT2D eigenvalue weighted by Crippen LogP contribution is -2.15. The van der Waals surface area contributed by atoms with Crippen LogP contribution in [0.1, 0.15) is 131 Å². The number of ether oxygens (including phenoxy) is 2. The van der Waals surface area contributed by atoms with Gasteiger partial charge in [0.05, 0.1) is 24.3 Å². The smallest absolute Gasteiger partial charge is 0.339 e. The zero-order chi connectivity index (χ0) is 22.6. The number of rotatable bonds is 19. The van der Waals surface area contributed by atoms with Gasteiger partial charge in [-0.1, -0.05) is 109 Å². The summed E-state index contributed by atoms with van der Waals surface area (Å²) >= 11 is 0. The molecule has 0 aliphatic rings. The highest BCUT2D eigenvalue weighted by Crippen LogP contribution is 2.14. The average molecular weight is 433 g/mol. The molecule has 0 bridgehead atoms. The predicted molar refractivity (Wildman–Crippen MR) is 128 cm³/mol. The Morgan fingerprint density at radius 1 is 0.548 bits per heavy atom. The lowest BCUT2D eigenvalue weighted by molar-refractivity contribution is 0.0450. The molecule has 0 N–H and O–H groups in total. The van der Waals surface area contributed by atoms with Crippen LogP contribution in [0.3, 0.4) is 0 Å². The van der Waals surface area contributed by atoms with Gasteiger partial charge in [0.2, 0.25) is 0 Å². The van der Waals surface area contributed by atoms with Crippen LogP contribution in [0, 0.1) is 0 Å². The zero-order valence-electron chi connectivity index (χ0n) is 20.0. The number of hydrogen-bond acceptors (Lipinski definition) is 4. The van der Waals surface area contributed by atoms with E-state index in [0.29, 0.717) is 24.3 Å². The zero-order valence-corrected chi connectivity index (χ0v) is 20.0. The van der Waals surface area contributed by atoms with Gasteiger partial charge in [0.25, 0.3) is 0 Å². The van der Waals surface area contributed by atoms with Crippen LogP contribution in [-0.2, 0) is 9.47 Å². The standard InChI is InChI=1S/C27H44O4/c1-3-5-7-9-11-13-15-19-23-31-27(29)25-21-17-16-20-24(25)26(28)30-22-18-14-12-10-8-6-4-2/h16-17,20-21H,3-15,18-19,22-23H2,1-2H3. The predicted octanol–water partition coefficient (Wildman–Crippen LogP) is 7.89. The Hall–Kier alpha value is -1.84. The van der Waals surface area contributed by atoms with E-state index in [1.54, 1.807) is 24.3 Å². The Morgan fingerprint density at radius 2 is 0.871 bits per heavy atom. The summed E-state index contributed by atoms with van der Waals surface area (Å²) in [6.07, 6.45) is 17.7. The molecule has 4 nitrogen and oxygen atoms in total. The Bertz CT molecular complexity index is 597. The van der Waals surface area contributed by atoms with Crippen LogP contribution in [0.2, 0.25) is 0 Å². The maximum Gasteiger partial charge on any atom is 0.339 e. The summed E-state index contributed by atoms with van der Waals surface area (Å²) in [7, 11) is 0. The quantitative estimate of drug-likeness (QED) is 0.165. The molecule has 1 aromatic rings. The molecule has 176 valence electrons. The molecule has 0 heterocycles. The highest BCUT2D eigenvalue weighted by molar-refractivity contribution is 6.03. The maximum atomic E-state index is 12.4. The van der Waals surface area contributed by atoms with Crippen LogP contribution in [0.15, 0.2) is 24.3 Å². The van der Waals surface area contributed by atoms with Crippen molar-refractivity contribution in [2.45, 2.75) is 110 Å². The molecule has 0 aliphatic carbocycles. The lowest BCUT2D eigenvalue weighted by Gasteiger charge is -2.10. The molecule has 0 aliphatic heterocycles. The third-order valence-electron chi connectivity index (χ3n) is 5.58. The van der Waals surface area contributed by atoms with E-state index in [4.69, 9.17) is 9.47 Å². The molecule has 1 rings (SSSR count). The summed E-state index contributed by atoms with van der Waals surface area (Å²) in [6, 6.07) is 6.78. The molecule has 0 amide bonds. The van der Waals surface area contributed by atoms with Gasteiger partial charge in [-0.25, -0.2) is 9.59 Å². The molecule has 31 heavy (non-hydrogen) atoms. The Balaban J connectivity index is 2.26. The van der Waals surface area contributed by atoms with E-state index in [1.165, 1.54) is 70.6 Å². The molecule has 0 spiro atoms. The summed E-state index contributed by atoms with van der Waals surface area (Å²) in [5.41, 5.74) is 0.595. The molecule has 0 saturated carbocycles. The Morgan fingerprint density at radius 3 is 1.23 bits per heavy atom. The van der Waals surface area contributed by atoms with Gasteiger partial charge in [-0.15, -0.1) is 0 Å². The highest BCUT2D eigenvalue weighted by Gasteiger charge is 2.18. The van der Waals surface area contributed by atoms with Crippen LogP contribution in [-0.4, -0.2) is 25.2 Å². The van der Waals surface area contributed by atoms with Gasteiger partial charge in [-0.3, -0.25) is 0 Å². The van der Waals surface area contributed by atoms with Gasteiger partial charge < -0.3 is 9.47 Å². The first-order valence-corrected chi connectivity index (χ1v) is 12.6. The third kappa shape index (κ3) is 13.2. The van der Waals surface area contributed by atoms with Gasteiger partial charge in [0.15, 0.2) is 0 Å². The van der Waals surface area contributed by atoms with E-state index < -0.39 is 11.9 Å². The normalized spacial score (nSPS) is 10.8. The van der Waals surface area contributed by atoms with Crippen molar-refractivity contribution in [3.8, 4) is 0 Å². The summed E-state index contributed by atoms with van der Waals surface area (Å²) in [4.78, 5) is 24.9. The Labute approximate surface area is 190 Å². The fourth-order valence-electron chi connectivity index (χ4n) is 3.62. The van der Waals surface area contributed by atoms with Crippen molar-refractivity contribution in [2.75, 3.05) is 13.2 Å². The van der Waals surface area contributed by atoms with Crippen molar-refractivity contribution in [3.63, 3.8) is 0 Å². The number of unbranched alkanes of at least 4 members (excludes halogenated alkanes) is 13. The van der Waals surface area contributed by atoms with Crippen molar-refractivity contribution in [3.05, 3.63) is 35.4 Å². The first kappa shape index (κ1) is 27.2. The number of carbonyl (C=O) groups is 2. The van der Waals surface area contributed by atoms with Crippen LogP contribution < -0.4 is 0 Å². The second kappa shape index (κ2) is 18.9. The number of esters is 2. The van der Waals surface area contributed by atoms with Gasteiger partial charge in [-0.05, 0) is 25.0 Å². The molecule has 1 aromatic carbocycles. The SMILES string of the molecule is CCCCCCCCCCOC(=O)c1ccccc1C(=O)OCCCCCCCCC. The van der Waals surface area contributed by atoms with E-state index in [0.717, 1.165) is 25.7 Å². The lowest BCUT2D eigenvalue weighted by atomic mass is 10.1. The Kier molecular flexibility index (Phi) is 16.6. The molecule has 0 fully saturated rings. The van der Waals surface area contributed by atoms with E-state index in [-0.39, 0.29) is 0 Å². The van der Waals surface area contributed by atoms with Crippen molar-refractivity contribution < 1.29 is 19.1 Å². The molecular formula is C27H44O4. The topological polar surface area (TPSA) is 52.6 Å². The molecule has 0 atom stereocenters. The van der Waals surface area contributed by atoms with Crippen molar-refractivity contribution in [1.82, 2.24) is 0 Å². The molecular weight excluding hydrogens is 388 g/mol. The van der Waals surface area contributed by atoms with E-state index in [2.05, 4.69) is 13.8 Å². The minimum atomic E-state index is -0.439. The molecule has 0 unspecified atom stereocenters. The minimum Gasteiger partial charge on any atom is -0.462 e. The molecule has 0 saturated heterocycles. The van der Waals surface area contributed by atoms with Gasteiger partial charge in [0, 0.05) is 0 Å². The fraction of sp³-hybridized carbons (Fsp3) is 0.704. The number of hydrogen-bond donors (Lipinski definition) is 0. The number of benzene rings is 1. The van der Waals surface area contributed by atoms with Crippen molar-refractivity contribution >= 4 is 11.9 Å². The first-order chi connectivity index (χ1) is 15.2. The first-order valence-electron chi connectivity index (χ1n) is 12.6. The summed E-state index contributed by atoms with van der Waals surface area (Å²) in [5, 5.41) is 0. The van der Waals surface area contributed by atoms with Crippen LogP contribution in [0.25, 0.3) is 0 Å². The van der Waals surface area contributed by atoms with Crippen LogP contribution in [0.4, 0.5) is 0 Å². The average Bonchev–Trinajstić information content (AvgIpc) is 2.79. The highest BCUT2D eigenvalue weighted by atomic mass is 16.5. The molecule has 0 aromatic heterocycles. The molecule has 0 radical (unpaired) electrons. The largest absolute Gasteiger partial charge is 0.462 e. The van der Waals surface area contributed by atoms with E-state index >= 15 is 0 Å². The monoisotopic (exact) mass is 432 g/mol. The van der Waals surface area contributed by atoms with Crippen molar-refractivity contribution in [1.29, 1.82) is 0 Å². The van der Waals surface area contributed by atoms with Crippen molar-refractivity contribution in [2.24, 2.45) is 0 Å².